The lowest BCUT2D eigenvalue weighted by Gasteiger charge is -2.25. The lowest BCUT2D eigenvalue weighted by Crippen LogP contribution is -2.29. The van der Waals surface area contributed by atoms with Crippen LogP contribution >= 0.6 is 0 Å². The second kappa shape index (κ2) is 10.8. The van der Waals surface area contributed by atoms with E-state index in [-0.39, 0.29) is 17.8 Å². The van der Waals surface area contributed by atoms with Crippen LogP contribution < -0.4 is 10.9 Å². The van der Waals surface area contributed by atoms with Crippen LogP contribution in [0.5, 0.6) is 0 Å². The van der Waals surface area contributed by atoms with Gasteiger partial charge in [-0.15, -0.1) is 0 Å². The quantitative estimate of drug-likeness (QED) is 0.319. The Labute approximate surface area is 212 Å². The molecule has 36 heavy (non-hydrogen) atoms. The summed E-state index contributed by atoms with van der Waals surface area (Å²) in [6, 6.07) is 3.38. The molecule has 0 aliphatic heterocycles. The summed E-state index contributed by atoms with van der Waals surface area (Å²) in [7, 11) is 7.86. The fourth-order valence-corrected chi connectivity index (χ4v) is 4.28. The number of nitrogens with one attached hydrogen (secondary N) is 1. The van der Waals surface area contributed by atoms with Crippen LogP contribution in [-0.4, -0.2) is 40.1 Å². The van der Waals surface area contributed by atoms with Gasteiger partial charge in [0.25, 0.3) is 5.56 Å². The molecule has 0 aromatic carbocycles. The minimum Gasteiger partial charge on any atom is -0.391 e. The second-order valence-corrected chi connectivity index (χ2v) is 9.30. The van der Waals surface area contributed by atoms with Crippen LogP contribution in [0.4, 0.5) is 10.2 Å². The van der Waals surface area contributed by atoms with Gasteiger partial charge in [-0.2, -0.15) is 0 Å². The van der Waals surface area contributed by atoms with Crippen molar-refractivity contribution >= 4 is 36.0 Å². The molecule has 2 aromatic heterocycles. The predicted molar refractivity (Wildman–Crippen MR) is 145 cm³/mol. The Balaban J connectivity index is 2.05. The number of hydrogen-bond donors (Lipinski definition) is 2. The van der Waals surface area contributed by atoms with Crippen LogP contribution in [0.15, 0.2) is 64.1 Å². The fourth-order valence-electron chi connectivity index (χ4n) is 4.28. The van der Waals surface area contributed by atoms with E-state index in [1.54, 1.807) is 38.4 Å². The molecule has 0 saturated heterocycles. The van der Waals surface area contributed by atoms with Gasteiger partial charge < -0.3 is 15.0 Å². The molecule has 3 atom stereocenters. The number of nitrogens with zero attached hydrogens (tertiary/aromatic N) is 2. The van der Waals surface area contributed by atoms with Crippen LogP contribution in [0.25, 0.3) is 16.5 Å². The smallest absolute Gasteiger partial charge is 0.258 e. The van der Waals surface area contributed by atoms with E-state index in [9.17, 15) is 19.1 Å². The standard InChI is InChI=1S/C28H33BFN3O3/c1-7-10-28(29,36)22(16(4)8-2)11-17(5)19(9-3)20-12-18-15-31-25(14-24(18)33(6)27(20)35)32-26(34)21-13-23(21)30/h7,9-12,14-15,21,23,36H,8,13H2,1-6H3,(H,31,32,34)/b10-7-,17-11-,19-9+,22-16-. The lowest BCUT2D eigenvalue weighted by molar-refractivity contribution is -0.117. The van der Waals surface area contributed by atoms with E-state index >= 15 is 0 Å². The summed E-state index contributed by atoms with van der Waals surface area (Å²) < 4.78 is 14.7. The maximum absolute atomic E-state index is 13.4. The highest BCUT2D eigenvalue weighted by Gasteiger charge is 2.43. The lowest BCUT2D eigenvalue weighted by atomic mass is 9.72. The van der Waals surface area contributed by atoms with Crippen LogP contribution in [0.3, 0.4) is 0 Å². The molecule has 1 aliphatic rings. The number of pyridine rings is 2. The molecule has 1 amide bonds. The third-order valence-electron chi connectivity index (χ3n) is 6.62. The Morgan fingerprint density at radius 2 is 2.03 bits per heavy atom. The molecular weight excluding hydrogens is 456 g/mol. The molecule has 6 nitrogen and oxygen atoms in total. The largest absolute Gasteiger partial charge is 0.391 e. The predicted octanol–water partition coefficient (Wildman–Crippen LogP) is 4.74. The summed E-state index contributed by atoms with van der Waals surface area (Å²) in [6.45, 7) is 9.42. The first kappa shape index (κ1) is 27.3. The minimum atomic E-state index is -1.64. The summed E-state index contributed by atoms with van der Waals surface area (Å²) in [4.78, 5) is 29.8. The Hall–Kier alpha value is -3.26. The monoisotopic (exact) mass is 489 g/mol. The summed E-state index contributed by atoms with van der Waals surface area (Å²) in [5.74, 6) is -0.764. The maximum Gasteiger partial charge on any atom is 0.258 e. The molecule has 0 bridgehead atoms. The van der Waals surface area contributed by atoms with Crippen molar-refractivity contribution in [2.24, 2.45) is 13.0 Å². The van der Waals surface area contributed by atoms with Gasteiger partial charge in [0.05, 0.1) is 16.9 Å². The van der Waals surface area contributed by atoms with Gasteiger partial charge >= 0.3 is 0 Å². The summed E-state index contributed by atoms with van der Waals surface area (Å²) in [5, 5.41) is 14.2. The molecule has 2 radical (unpaired) electrons. The number of rotatable bonds is 8. The van der Waals surface area contributed by atoms with Crippen molar-refractivity contribution in [2.45, 2.75) is 59.1 Å². The van der Waals surface area contributed by atoms with Crippen molar-refractivity contribution in [2.75, 3.05) is 5.32 Å². The Kier molecular flexibility index (Phi) is 8.19. The maximum atomic E-state index is 13.4. The number of amides is 1. The number of aromatic nitrogens is 2. The molecule has 188 valence electrons. The van der Waals surface area contributed by atoms with Gasteiger partial charge in [0.15, 0.2) is 0 Å². The Morgan fingerprint density at radius 1 is 1.36 bits per heavy atom. The molecule has 8 heteroatoms. The van der Waals surface area contributed by atoms with Crippen LogP contribution in [0, 0.1) is 5.92 Å². The number of aryl methyl sites for hydroxylation is 1. The molecule has 1 saturated carbocycles. The van der Waals surface area contributed by atoms with Gasteiger partial charge in [0, 0.05) is 30.3 Å². The zero-order valence-electron chi connectivity index (χ0n) is 21.7. The number of halogens is 1. The molecule has 2 N–H and O–H groups in total. The van der Waals surface area contributed by atoms with Crippen molar-refractivity contribution in [3.05, 3.63) is 75.3 Å². The third kappa shape index (κ3) is 5.59. The van der Waals surface area contributed by atoms with E-state index in [1.165, 1.54) is 10.6 Å². The van der Waals surface area contributed by atoms with Crippen molar-refractivity contribution in [1.29, 1.82) is 0 Å². The number of carbonyl (C=O) groups is 1. The first-order valence-corrected chi connectivity index (χ1v) is 12.1. The average Bonchev–Trinajstić information content (AvgIpc) is 3.57. The molecule has 0 spiro atoms. The number of carbonyl (C=O) groups excluding carboxylic acids is 1. The van der Waals surface area contributed by atoms with E-state index in [0.717, 1.165) is 11.1 Å². The van der Waals surface area contributed by atoms with E-state index in [4.69, 9.17) is 7.85 Å². The van der Waals surface area contributed by atoms with Gasteiger partial charge in [-0.25, -0.2) is 9.37 Å². The summed E-state index contributed by atoms with van der Waals surface area (Å²) >= 11 is 0. The summed E-state index contributed by atoms with van der Waals surface area (Å²) in [6.07, 6.45) is 8.33. The Bertz CT molecular complexity index is 1370. The van der Waals surface area contributed by atoms with Gasteiger partial charge in [0.2, 0.25) is 5.91 Å². The fraction of sp³-hybridized carbons (Fsp3) is 0.393. The number of alkyl halides is 1. The number of allylic oxidation sites excluding steroid dienone is 5. The van der Waals surface area contributed by atoms with Crippen LogP contribution in [0.1, 0.15) is 53.0 Å². The SMILES string of the molecule is [B]C(O)(/C=C\C)C(/C=C(C)\C(=C/C)c1cc2cnc(NC(=O)C3CC3F)cc2n(C)c1=O)=C(/C)CC. The molecule has 3 rings (SSSR count). The summed E-state index contributed by atoms with van der Waals surface area (Å²) in [5.41, 5.74) is 2.17. The number of fused-ring (bicyclic) bond motifs is 1. The molecule has 1 aliphatic carbocycles. The number of aliphatic hydroxyl groups is 1. The second-order valence-electron chi connectivity index (χ2n) is 9.30. The van der Waals surface area contributed by atoms with Gasteiger partial charge in [-0.1, -0.05) is 36.8 Å². The zero-order chi connectivity index (χ0) is 26.8. The normalized spacial score (nSPS) is 20.9. The highest BCUT2D eigenvalue weighted by Crippen LogP contribution is 2.35. The molecule has 1 fully saturated rings. The van der Waals surface area contributed by atoms with Gasteiger partial charge in [-0.3, -0.25) is 9.59 Å². The van der Waals surface area contributed by atoms with Crippen molar-refractivity contribution < 1.29 is 14.3 Å². The highest BCUT2D eigenvalue weighted by molar-refractivity contribution is 6.18. The highest BCUT2D eigenvalue weighted by atomic mass is 19.1. The van der Waals surface area contributed by atoms with E-state index in [0.29, 0.717) is 34.0 Å². The van der Waals surface area contributed by atoms with E-state index < -0.39 is 23.5 Å². The van der Waals surface area contributed by atoms with Gasteiger partial charge in [0.1, 0.15) is 19.8 Å². The first-order chi connectivity index (χ1) is 16.9. The average molecular weight is 489 g/mol. The molecule has 2 aromatic rings. The Morgan fingerprint density at radius 3 is 2.58 bits per heavy atom. The van der Waals surface area contributed by atoms with Gasteiger partial charge in [-0.05, 0) is 63.3 Å². The van der Waals surface area contributed by atoms with Crippen molar-refractivity contribution in [3.8, 4) is 0 Å². The first-order valence-electron chi connectivity index (χ1n) is 12.1. The number of hydrogen-bond acceptors (Lipinski definition) is 4. The zero-order valence-corrected chi connectivity index (χ0v) is 21.7. The topological polar surface area (TPSA) is 84.2 Å². The number of anilines is 1. The van der Waals surface area contributed by atoms with Crippen molar-refractivity contribution in [1.82, 2.24) is 9.55 Å². The van der Waals surface area contributed by atoms with Crippen LogP contribution in [-0.2, 0) is 11.8 Å². The van der Waals surface area contributed by atoms with Crippen molar-refractivity contribution in [3.63, 3.8) is 0 Å². The van der Waals surface area contributed by atoms with E-state index in [1.807, 2.05) is 39.8 Å². The van der Waals surface area contributed by atoms with Crippen LogP contribution in [0.2, 0.25) is 0 Å². The molecule has 3 unspecified atom stereocenters. The van der Waals surface area contributed by atoms with E-state index in [2.05, 4.69) is 10.3 Å². The third-order valence-corrected chi connectivity index (χ3v) is 6.62. The molecule has 2 heterocycles. The minimum absolute atomic E-state index is 0.227. The molecular formula is C28H33BFN3O3.